The van der Waals surface area contributed by atoms with E-state index in [1.165, 1.54) is 0 Å². The molecule has 0 unspecified atom stereocenters. The van der Waals surface area contributed by atoms with E-state index in [0.29, 0.717) is 35.9 Å². The number of anilines is 2. The minimum absolute atomic E-state index is 0.146. The van der Waals surface area contributed by atoms with Crippen LogP contribution in [0, 0.1) is 13.8 Å². The molecule has 0 aliphatic heterocycles. The van der Waals surface area contributed by atoms with Gasteiger partial charge < -0.3 is 25.2 Å². The van der Waals surface area contributed by atoms with Crippen LogP contribution in [-0.2, 0) is 11.3 Å². The number of hydrogen-bond acceptors (Lipinski definition) is 5. The first kappa shape index (κ1) is 23.7. The number of amides is 1. The van der Waals surface area contributed by atoms with Crippen LogP contribution in [-0.4, -0.2) is 30.2 Å². The Morgan fingerprint density at radius 1 is 0.939 bits per heavy atom. The van der Waals surface area contributed by atoms with Gasteiger partial charge >= 0.3 is 5.97 Å². The smallest absolute Gasteiger partial charge is 0.336 e. The number of ether oxygens (including phenoxy) is 2. The number of hydrogen-bond donors (Lipinski definition) is 3. The molecule has 0 heterocycles. The number of nitrogens with one attached hydrogen (secondary N) is 2. The molecule has 0 aromatic heterocycles. The van der Waals surface area contributed by atoms with E-state index >= 15 is 0 Å². The number of carboxylic acid groups (broad SMARTS) is 1. The van der Waals surface area contributed by atoms with Crippen molar-refractivity contribution in [2.45, 2.75) is 27.3 Å². The summed E-state index contributed by atoms with van der Waals surface area (Å²) in [4.78, 5) is 23.6. The van der Waals surface area contributed by atoms with E-state index in [9.17, 15) is 14.7 Å². The summed E-state index contributed by atoms with van der Waals surface area (Å²) in [7, 11) is 0. The zero-order valence-electron chi connectivity index (χ0n) is 19.0. The largest absolute Gasteiger partial charge is 0.490 e. The van der Waals surface area contributed by atoms with Crippen molar-refractivity contribution in [3.05, 3.63) is 82.9 Å². The van der Waals surface area contributed by atoms with Gasteiger partial charge in [0.25, 0.3) is 5.91 Å². The number of carbonyl (C=O) groups excluding carboxylic acids is 1. The van der Waals surface area contributed by atoms with Crippen LogP contribution in [0.2, 0.25) is 0 Å². The van der Waals surface area contributed by atoms with Gasteiger partial charge in [0.05, 0.1) is 12.2 Å². The van der Waals surface area contributed by atoms with Crippen LogP contribution in [0.3, 0.4) is 0 Å². The molecule has 3 aromatic carbocycles. The summed E-state index contributed by atoms with van der Waals surface area (Å²) in [5.74, 6) is -0.205. The van der Waals surface area contributed by atoms with Crippen LogP contribution < -0.4 is 20.1 Å². The van der Waals surface area contributed by atoms with Gasteiger partial charge in [-0.05, 0) is 68.3 Å². The topological polar surface area (TPSA) is 96.9 Å². The van der Waals surface area contributed by atoms with Crippen molar-refractivity contribution in [1.29, 1.82) is 0 Å². The summed E-state index contributed by atoms with van der Waals surface area (Å²) in [6.07, 6.45) is 0. The summed E-state index contributed by atoms with van der Waals surface area (Å²) >= 11 is 0. The van der Waals surface area contributed by atoms with E-state index in [1.807, 2.05) is 56.3 Å². The molecule has 7 nitrogen and oxygen atoms in total. The van der Waals surface area contributed by atoms with Crippen molar-refractivity contribution in [1.82, 2.24) is 0 Å². The lowest BCUT2D eigenvalue weighted by molar-refractivity contribution is -0.118. The van der Waals surface area contributed by atoms with E-state index in [0.717, 1.165) is 16.8 Å². The van der Waals surface area contributed by atoms with Gasteiger partial charge in [-0.1, -0.05) is 29.8 Å². The summed E-state index contributed by atoms with van der Waals surface area (Å²) in [5, 5.41) is 15.4. The molecule has 0 radical (unpaired) electrons. The summed E-state index contributed by atoms with van der Waals surface area (Å²) in [6.45, 7) is 6.40. The number of carbonyl (C=O) groups is 2. The average molecular weight is 449 g/mol. The third kappa shape index (κ3) is 6.49. The molecular formula is C26H28N2O5. The standard InChI is InChI=1S/C26H28N2O5/c1-4-32-24-14-19(15-27-22-7-5-6-21(18(22)3)26(30)31)10-13-23(24)33-16-25(29)28-20-11-8-17(2)9-12-20/h5-14,27H,4,15-16H2,1-3H3,(H,28,29)(H,30,31). The number of carboxylic acids is 1. The van der Waals surface area contributed by atoms with Crippen LogP contribution in [0.15, 0.2) is 60.7 Å². The maximum Gasteiger partial charge on any atom is 0.336 e. The number of rotatable bonds is 10. The van der Waals surface area contributed by atoms with Crippen molar-refractivity contribution in [2.24, 2.45) is 0 Å². The third-order valence-corrected chi connectivity index (χ3v) is 5.05. The van der Waals surface area contributed by atoms with Crippen molar-refractivity contribution in [3.63, 3.8) is 0 Å². The Kier molecular flexibility index (Phi) is 7.91. The van der Waals surface area contributed by atoms with Crippen LogP contribution >= 0.6 is 0 Å². The first-order chi connectivity index (χ1) is 15.9. The predicted molar refractivity (Wildman–Crippen MR) is 128 cm³/mol. The SMILES string of the molecule is CCOc1cc(CNc2cccc(C(=O)O)c2C)ccc1OCC(=O)Nc1ccc(C)cc1. The van der Waals surface area contributed by atoms with Gasteiger partial charge in [-0.25, -0.2) is 4.79 Å². The Labute approximate surface area is 193 Å². The fraction of sp³-hybridized carbons (Fsp3) is 0.231. The average Bonchev–Trinajstić information content (AvgIpc) is 2.79. The number of aromatic carboxylic acids is 1. The Bertz CT molecular complexity index is 1130. The molecule has 172 valence electrons. The lowest BCUT2D eigenvalue weighted by Gasteiger charge is -2.15. The molecule has 0 bridgehead atoms. The van der Waals surface area contributed by atoms with Gasteiger partial charge in [-0.3, -0.25) is 4.79 Å². The highest BCUT2D eigenvalue weighted by molar-refractivity contribution is 5.92. The maximum absolute atomic E-state index is 12.2. The molecule has 1 amide bonds. The molecule has 0 aliphatic carbocycles. The van der Waals surface area contributed by atoms with Crippen molar-refractivity contribution in [2.75, 3.05) is 23.8 Å². The zero-order chi connectivity index (χ0) is 23.8. The number of aryl methyl sites for hydroxylation is 1. The molecule has 0 aliphatic rings. The fourth-order valence-electron chi connectivity index (χ4n) is 3.28. The van der Waals surface area contributed by atoms with Crippen LogP contribution in [0.1, 0.15) is 34.0 Å². The van der Waals surface area contributed by atoms with Gasteiger partial charge in [-0.2, -0.15) is 0 Å². The molecule has 0 spiro atoms. The molecule has 0 saturated carbocycles. The quantitative estimate of drug-likeness (QED) is 0.403. The molecule has 0 atom stereocenters. The molecule has 3 N–H and O–H groups in total. The van der Waals surface area contributed by atoms with Crippen LogP contribution in [0.4, 0.5) is 11.4 Å². The second-order valence-electron chi connectivity index (χ2n) is 7.55. The second kappa shape index (κ2) is 11.0. The zero-order valence-corrected chi connectivity index (χ0v) is 19.0. The molecule has 33 heavy (non-hydrogen) atoms. The first-order valence-corrected chi connectivity index (χ1v) is 10.7. The second-order valence-corrected chi connectivity index (χ2v) is 7.55. The molecular weight excluding hydrogens is 420 g/mol. The van der Waals surface area contributed by atoms with Gasteiger partial charge in [0.15, 0.2) is 18.1 Å². The summed E-state index contributed by atoms with van der Waals surface area (Å²) < 4.78 is 11.4. The van der Waals surface area contributed by atoms with E-state index in [-0.39, 0.29) is 18.1 Å². The Morgan fingerprint density at radius 2 is 1.70 bits per heavy atom. The fourth-order valence-corrected chi connectivity index (χ4v) is 3.28. The summed E-state index contributed by atoms with van der Waals surface area (Å²) in [5.41, 5.74) is 4.45. The molecule has 3 rings (SSSR count). The predicted octanol–water partition coefficient (Wildman–Crippen LogP) is 5.03. The van der Waals surface area contributed by atoms with Crippen molar-refractivity contribution >= 4 is 23.3 Å². The molecule has 0 saturated heterocycles. The highest BCUT2D eigenvalue weighted by Gasteiger charge is 2.12. The van der Waals surface area contributed by atoms with E-state index < -0.39 is 5.97 Å². The van der Waals surface area contributed by atoms with Gasteiger partial charge in [0.2, 0.25) is 0 Å². The minimum atomic E-state index is -0.956. The van der Waals surface area contributed by atoms with Gasteiger partial charge in [0.1, 0.15) is 0 Å². The lowest BCUT2D eigenvalue weighted by Crippen LogP contribution is -2.20. The molecule has 0 fully saturated rings. The first-order valence-electron chi connectivity index (χ1n) is 10.7. The summed E-state index contributed by atoms with van der Waals surface area (Å²) in [6, 6.07) is 18.2. The Morgan fingerprint density at radius 3 is 2.39 bits per heavy atom. The minimum Gasteiger partial charge on any atom is -0.490 e. The van der Waals surface area contributed by atoms with E-state index in [4.69, 9.17) is 9.47 Å². The monoisotopic (exact) mass is 448 g/mol. The lowest BCUT2D eigenvalue weighted by atomic mass is 10.1. The van der Waals surface area contributed by atoms with Crippen molar-refractivity contribution < 1.29 is 24.2 Å². The van der Waals surface area contributed by atoms with Crippen molar-refractivity contribution in [3.8, 4) is 11.5 Å². The number of benzene rings is 3. The highest BCUT2D eigenvalue weighted by Crippen LogP contribution is 2.29. The third-order valence-electron chi connectivity index (χ3n) is 5.05. The van der Waals surface area contributed by atoms with E-state index in [1.54, 1.807) is 25.1 Å². The highest BCUT2D eigenvalue weighted by atomic mass is 16.5. The normalized spacial score (nSPS) is 10.4. The maximum atomic E-state index is 12.2. The Balaban J connectivity index is 1.64. The van der Waals surface area contributed by atoms with Crippen LogP contribution in [0.25, 0.3) is 0 Å². The van der Waals surface area contributed by atoms with Crippen LogP contribution in [0.5, 0.6) is 11.5 Å². The Hall–Kier alpha value is -4.00. The van der Waals surface area contributed by atoms with Gasteiger partial charge in [-0.15, -0.1) is 0 Å². The van der Waals surface area contributed by atoms with Gasteiger partial charge in [0, 0.05) is 17.9 Å². The molecule has 7 heteroatoms. The molecule has 3 aromatic rings. The van der Waals surface area contributed by atoms with E-state index in [2.05, 4.69) is 10.6 Å².